The largest absolute Gasteiger partial charge is 0.496 e. The van der Waals surface area contributed by atoms with Gasteiger partial charge in [-0.05, 0) is 35.4 Å². The quantitative estimate of drug-likeness (QED) is 0.929. The second kappa shape index (κ2) is 5.21. The second-order valence-corrected chi connectivity index (χ2v) is 6.60. The molecule has 1 aliphatic rings. The first-order valence-corrected chi connectivity index (χ1v) is 7.62. The Morgan fingerprint density at radius 2 is 2.35 bits per heavy atom. The SMILES string of the molecule is COc1ccc(Br)cc1CC1(O)CSCC1C. The van der Waals surface area contributed by atoms with Crippen molar-refractivity contribution in [3.05, 3.63) is 28.2 Å². The highest BCUT2D eigenvalue weighted by molar-refractivity contribution is 9.10. The van der Waals surface area contributed by atoms with Gasteiger partial charge in [0.15, 0.2) is 0 Å². The van der Waals surface area contributed by atoms with E-state index in [1.54, 1.807) is 7.11 Å². The molecule has 0 radical (unpaired) electrons. The molecule has 0 spiro atoms. The minimum Gasteiger partial charge on any atom is -0.496 e. The van der Waals surface area contributed by atoms with Crippen molar-refractivity contribution in [2.24, 2.45) is 5.92 Å². The van der Waals surface area contributed by atoms with Crippen LogP contribution in [0.25, 0.3) is 0 Å². The molecular weight excluding hydrogens is 300 g/mol. The van der Waals surface area contributed by atoms with Crippen LogP contribution in [0.4, 0.5) is 0 Å². The molecule has 1 aromatic rings. The van der Waals surface area contributed by atoms with E-state index >= 15 is 0 Å². The molecule has 2 nitrogen and oxygen atoms in total. The predicted molar refractivity (Wildman–Crippen MR) is 75.8 cm³/mol. The standard InChI is InChI=1S/C13H17BrO2S/c1-9-7-17-8-13(9,15)6-10-5-11(14)3-4-12(10)16-2/h3-5,9,15H,6-8H2,1-2H3. The van der Waals surface area contributed by atoms with Crippen molar-refractivity contribution in [3.8, 4) is 5.75 Å². The van der Waals surface area contributed by atoms with Crippen LogP contribution in [0.15, 0.2) is 22.7 Å². The van der Waals surface area contributed by atoms with Crippen LogP contribution in [-0.4, -0.2) is 29.3 Å². The highest BCUT2D eigenvalue weighted by Crippen LogP contribution is 2.38. The summed E-state index contributed by atoms with van der Waals surface area (Å²) >= 11 is 5.29. The lowest BCUT2D eigenvalue weighted by atomic mass is 9.86. The Morgan fingerprint density at radius 1 is 1.59 bits per heavy atom. The van der Waals surface area contributed by atoms with E-state index in [1.807, 2.05) is 30.0 Å². The Balaban J connectivity index is 2.25. The summed E-state index contributed by atoms with van der Waals surface area (Å²) in [4.78, 5) is 0. The lowest BCUT2D eigenvalue weighted by Gasteiger charge is -2.27. The number of ether oxygens (including phenoxy) is 1. The van der Waals surface area contributed by atoms with Gasteiger partial charge in [-0.3, -0.25) is 0 Å². The molecule has 94 valence electrons. The average Bonchev–Trinajstić information content (AvgIpc) is 2.59. The zero-order chi connectivity index (χ0) is 12.5. The maximum atomic E-state index is 10.6. The lowest BCUT2D eigenvalue weighted by molar-refractivity contribution is 0.0273. The average molecular weight is 317 g/mol. The third kappa shape index (κ3) is 2.80. The number of hydrogen-bond donors (Lipinski definition) is 1. The summed E-state index contributed by atoms with van der Waals surface area (Å²) in [6.45, 7) is 2.12. The van der Waals surface area contributed by atoms with E-state index in [-0.39, 0.29) is 0 Å². The smallest absolute Gasteiger partial charge is 0.122 e. The fourth-order valence-corrected chi connectivity index (χ4v) is 4.08. The molecule has 1 N–H and O–H groups in total. The van der Waals surface area contributed by atoms with Crippen molar-refractivity contribution in [3.63, 3.8) is 0 Å². The number of rotatable bonds is 3. The van der Waals surface area contributed by atoms with Crippen LogP contribution < -0.4 is 4.74 Å². The van der Waals surface area contributed by atoms with E-state index in [4.69, 9.17) is 4.74 Å². The number of halogens is 1. The first-order valence-electron chi connectivity index (χ1n) is 5.68. The zero-order valence-electron chi connectivity index (χ0n) is 10.1. The third-order valence-electron chi connectivity index (χ3n) is 3.38. The summed E-state index contributed by atoms with van der Waals surface area (Å²) in [5.74, 6) is 3.03. The van der Waals surface area contributed by atoms with E-state index in [9.17, 15) is 5.11 Å². The Morgan fingerprint density at radius 3 is 2.94 bits per heavy atom. The zero-order valence-corrected chi connectivity index (χ0v) is 12.5. The molecule has 0 amide bonds. The minimum atomic E-state index is -0.598. The summed E-state index contributed by atoms with van der Waals surface area (Å²) in [6.07, 6.45) is 0.657. The molecule has 0 bridgehead atoms. The van der Waals surface area contributed by atoms with Crippen molar-refractivity contribution in [2.75, 3.05) is 18.6 Å². The Bertz CT molecular complexity index is 410. The van der Waals surface area contributed by atoms with Gasteiger partial charge in [-0.15, -0.1) is 0 Å². The van der Waals surface area contributed by atoms with Gasteiger partial charge in [0.05, 0.1) is 12.7 Å². The number of thioether (sulfide) groups is 1. The Labute approximate surface area is 115 Å². The Kier molecular flexibility index (Phi) is 4.06. The van der Waals surface area contributed by atoms with E-state index in [0.717, 1.165) is 27.3 Å². The van der Waals surface area contributed by atoms with Crippen LogP contribution in [0.3, 0.4) is 0 Å². The van der Waals surface area contributed by atoms with Crippen LogP contribution >= 0.6 is 27.7 Å². The summed E-state index contributed by atoms with van der Waals surface area (Å²) in [5.41, 5.74) is 0.470. The topological polar surface area (TPSA) is 29.5 Å². The van der Waals surface area contributed by atoms with Gasteiger partial charge in [0, 0.05) is 16.6 Å². The number of hydrogen-bond acceptors (Lipinski definition) is 3. The summed E-state index contributed by atoms with van der Waals surface area (Å²) in [6, 6.07) is 5.93. The van der Waals surface area contributed by atoms with E-state index in [2.05, 4.69) is 22.9 Å². The van der Waals surface area contributed by atoms with Gasteiger partial charge in [-0.25, -0.2) is 0 Å². The molecule has 0 saturated carbocycles. The number of benzene rings is 1. The van der Waals surface area contributed by atoms with Crippen molar-refractivity contribution >= 4 is 27.7 Å². The maximum Gasteiger partial charge on any atom is 0.122 e. The van der Waals surface area contributed by atoms with Gasteiger partial charge >= 0.3 is 0 Å². The molecular formula is C13H17BrO2S. The fraction of sp³-hybridized carbons (Fsp3) is 0.538. The molecule has 1 fully saturated rings. The summed E-state index contributed by atoms with van der Waals surface area (Å²) < 4.78 is 6.38. The number of methoxy groups -OCH3 is 1. The van der Waals surface area contributed by atoms with Gasteiger partial charge in [0.25, 0.3) is 0 Å². The van der Waals surface area contributed by atoms with Crippen LogP contribution in [0.5, 0.6) is 5.75 Å². The highest BCUT2D eigenvalue weighted by atomic mass is 79.9. The van der Waals surface area contributed by atoms with Gasteiger partial charge < -0.3 is 9.84 Å². The van der Waals surface area contributed by atoms with E-state index in [0.29, 0.717) is 12.3 Å². The predicted octanol–water partition coefficient (Wildman–Crippen LogP) is 3.11. The molecule has 0 aromatic heterocycles. The van der Waals surface area contributed by atoms with Crippen LogP contribution in [-0.2, 0) is 6.42 Å². The van der Waals surface area contributed by atoms with E-state index in [1.165, 1.54) is 0 Å². The lowest BCUT2D eigenvalue weighted by Crippen LogP contribution is -2.37. The molecule has 17 heavy (non-hydrogen) atoms. The maximum absolute atomic E-state index is 10.6. The summed E-state index contributed by atoms with van der Waals surface area (Å²) in [5, 5.41) is 10.6. The second-order valence-electron chi connectivity index (χ2n) is 4.65. The number of aliphatic hydroxyl groups is 1. The van der Waals surface area contributed by atoms with Gasteiger partial charge in [-0.1, -0.05) is 22.9 Å². The normalized spacial score (nSPS) is 28.4. The molecule has 1 aromatic carbocycles. The van der Waals surface area contributed by atoms with Gasteiger partial charge in [-0.2, -0.15) is 11.8 Å². The molecule has 1 aliphatic heterocycles. The van der Waals surface area contributed by atoms with Crippen molar-refractivity contribution in [1.82, 2.24) is 0 Å². The molecule has 0 aliphatic carbocycles. The summed E-state index contributed by atoms with van der Waals surface area (Å²) in [7, 11) is 1.67. The molecule has 1 heterocycles. The molecule has 4 heteroatoms. The molecule has 2 rings (SSSR count). The molecule has 2 atom stereocenters. The Hall–Kier alpha value is -0.190. The minimum absolute atomic E-state index is 0.330. The first kappa shape index (κ1) is 13.2. The van der Waals surface area contributed by atoms with Crippen LogP contribution in [0.2, 0.25) is 0 Å². The first-order chi connectivity index (χ1) is 8.05. The fourth-order valence-electron chi connectivity index (χ4n) is 2.15. The van der Waals surface area contributed by atoms with E-state index < -0.39 is 5.60 Å². The van der Waals surface area contributed by atoms with Gasteiger partial charge in [0.1, 0.15) is 5.75 Å². The van der Waals surface area contributed by atoms with Crippen LogP contribution in [0.1, 0.15) is 12.5 Å². The van der Waals surface area contributed by atoms with Crippen molar-refractivity contribution in [2.45, 2.75) is 18.9 Å². The molecule has 2 unspecified atom stereocenters. The monoisotopic (exact) mass is 316 g/mol. The van der Waals surface area contributed by atoms with Crippen molar-refractivity contribution in [1.29, 1.82) is 0 Å². The third-order valence-corrected chi connectivity index (χ3v) is 5.31. The molecule has 1 saturated heterocycles. The van der Waals surface area contributed by atoms with Crippen molar-refractivity contribution < 1.29 is 9.84 Å². The van der Waals surface area contributed by atoms with Gasteiger partial charge in [0.2, 0.25) is 0 Å². The van der Waals surface area contributed by atoms with Crippen LogP contribution in [0, 0.1) is 5.92 Å². The highest BCUT2D eigenvalue weighted by Gasteiger charge is 2.39.